The molecule has 1 radical (unpaired) electrons. The van der Waals surface area contributed by atoms with Crippen LogP contribution in [0.1, 0.15) is 16.7 Å². The molecule has 69 valence electrons. The van der Waals surface area contributed by atoms with Crippen molar-refractivity contribution in [3.8, 4) is 12.1 Å². The topological polar surface area (TPSA) is 47.6 Å². The summed E-state index contributed by atoms with van der Waals surface area (Å²) in [6.45, 7) is 3.86. The van der Waals surface area contributed by atoms with E-state index in [1.54, 1.807) is 18.2 Å². The molecule has 0 spiro atoms. The van der Waals surface area contributed by atoms with Crippen molar-refractivity contribution in [1.82, 2.24) is 0 Å². The molecule has 0 atom stereocenters. The lowest BCUT2D eigenvalue weighted by molar-refractivity contribution is 1.47. The van der Waals surface area contributed by atoms with Gasteiger partial charge in [0.1, 0.15) is 0 Å². The summed E-state index contributed by atoms with van der Waals surface area (Å²) < 4.78 is 0. The van der Waals surface area contributed by atoms with E-state index >= 15 is 0 Å². The Balaban J connectivity index is 2.94. The van der Waals surface area contributed by atoms with Gasteiger partial charge in [-0.3, -0.25) is 0 Å². The molecule has 0 bridgehead atoms. The van der Waals surface area contributed by atoms with Gasteiger partial charge < -0.3 is 0 Å². The summed E-state index contributed by atoms with van der Waals surface area (Å²) in [7, 11) is 0. The number of hydrogen-bond acceptors (Lipinski definition) is 2. The molecule has 0 unspecified atom stereocenters. The van der Waals surface area contributed by atoms with Crippen LogP contribution in [0.15, 0.2) is 30.3 Å². The summed E-state index contributed by atoms with van der Waals surface area (Å²) in [4.78, 5) is 0. The van der Waals surface area contributed by atoms with Gasteiger partial charge in [0.2, 0.25) is 0 Å². The van der Waals surface area contributed by atoms with Crippen LogP contribution in [0.5, 0.6) is 0 Å². The standard InChI is InChI=1S/C13H7N2/c1-9-5-10(7-14)6-11-3-2-4-12(8-15)13(9)11/h2-6H,1H2. The highest BCUT2D eigenvalue weighted by molar-refractivity contribution is 5.92. The molecule has 2 heteroatoms. The molecule has 0 heterocycles. The van der Waals surface area contributed by atoms with E-state index in [0.717, 1.165) is 16.3 Å². The molecule has 0 aromatic heterocycles. The van der Waals surface area contributed by atoms with Gasteiger partial charge in [0.15, 0.2) is 0 Å². The van der Waals surface area contributed by atoms with Crippen LogP contribution in [0.3, 0.4) is 0 Å². The average Bonchev–Trinajstić information content (AvgIpc) is 2.27. The van der Waals surface area contributed by atoms with Crippen LogP contribution in [0.2, 0.25) is 0 Å². The zero-order valence-electron chi connectivity index (χ0n) is 7.99. The molecular formula is C13H7N2. The molecule has 0 N–H and O–H groups in total. The zero-order chi connectivity index (χ0) is 10.8. The van der Waals surface area contributed by atoms with Crippen molar-refractivity contribution in [2.45, 2.75) is 0 Å². The summed E-state index contributed by atoms with van der Waals surface area (Å²) in [5, 5.41) is 19.5. The van der Waals surface area contributed by atoms with E-state index in [0.29, 0.717) is 11.1 Å². The largest absolute Gasteiger partial charge is 0.192 e. The fourth-order valence-corrected chi connectivity index (χ4v) is 1.68. The maximum Gasteiger partial charge on any atom is 0.0998 e. The third kappa shape index (κ3) is 1.43. The van der Waals surface area contributed by atoms with Crippen molar-refractivity contribution in [3.63, 3.8) is 0 Å². The second kappa shape index (κ2) is 3.44. The Morgan fingerprint density at radius 2 is 1.87 bits per heavy atom. The van der Waals surface area contributed by atoms with Crippen molar-refractivity contribution >= 4 is 10.8 Å². The summed E-state index contributed by atoms with van der Waals surface area (Å²) >= 11 is 0. The molecule has 2 nitrogen and oxygen atoms in total. The number of fused-ring (bicyclic) bond motifs is 1. The first-order chi connectivity index (χ1) is 7.26. The SMILES string of the molecule is [CH2]c1cc(C#N)cc2cccc(C#N)c12. The van der Waals surface area contributed by atoms with E-state index in [2.05, 4.69) is 19.1 Å². The average molecular weight is 191 g/mol. The molecule has 0 aliphatic heterocycles. The van der Waals surface area contributed by atoms with Gasteiger partial charge in [0.25, 0.3) is 0 Å². The van der Waals surface area contributed by atoms with Crippen LogP contribution in [0.25, 0.3) is 10.8 Å². The number of rotatable bonds is 0. The van der Waals surface area contributed by atoms with Gasteiger partial charge in [-0.1, -0.05) is 12.1 Å². The molecule has 2 aromatic carbocycles. The molecule has 2 rings (SSSR count). The monoisotopic (exact) mass is 191 g/mol. The van der Waals surface area contributed by atoms with Crippen molar-refractivity contribution < 1.29 is 0 Å². The van der Waals surface area contributed by atoms with Gasteiger partial charge in [-0.25, -0.2) is 0 Å². The predicted octanol–water partition coefficient (Wildman–Crippen LogP) is 2.77. The van der Waals surface area contributed by atoms with Gasteiger partial charge >= 0.3 is 0 Å². The maximum atomic E-state index is 8.94. The van der Waals surface area contributed by atoms with Crippen molar-refractivity contribution in [2.75, 3.05) is 0 Å². The highest BCUT2D eigenvalue weighted by Crippen LogP contribution is 2.23. The number of nitrogens with zero attached hydrogens (tertiary/aromatic N) is 2. The van der Waals surface area contributed by atoms with Gasteiger partial charge in [-0.2, -0.15) is 10.5 Å². The summed E-state index contributed by atoms with van der Waals surface area (Å²) in [5.74, 6) is 0. The van der Waals surface area contributed by atoms with Crippen molar-refractivity contribution in [1.29, 1.82) is 10.5 Å². The Bertz CT molecular complexity index is 613. The molecule has 15 heavy (non-hydrogen) atoms. The lowest BCUT2D eigenvalue weighted by atomic mass is 9.98. The lowest BCUT2D eigenvalue weighted by Crippen LogP contribution is -1.86. The van der Waals surface area contributed by atoms with Crippen molar-refractivity contribution in [3.05, 3.63) is 53.9 Å². The minimum atomic E-state index is 0.572. The molecule has 0 saturated carbocycles. The zero-order valence-corrected chi connectivity index (χ0v) is 7.99. The van der Waals surface area contributed by atoms with Crippen LogP contribution in [0, 0.1) is 29.6 Å². The highest BCUT2D eigenvalue weighted by atomic mass is 14.3. The first-order valence-corrected chi connectivity index (χ1v) is 4.45. The number of benzene rings is 2. The van der Waals surface area contributed by atoms with Crippen LogP contribution in [-0.4, -0.2) is 0 Å². The molecule has 2 aromatic rings. The normalized spacial score (nSPS) is 9.53. The summed E-state index contributed by atoms with van der Waals surface area (Å²) in [6, 6.07) is 13.1. The van der Waals surface area contributed by atoms with Crippen LogP contribution < -0.4 is 0 Å². The van der Waals surface area contributed by atoms with E-state index in [4.69, 9.17) is 10.5 Å². The van der Waals surface area contributed by atoms with Gasteiger partial charge in [-0.05, 0) is 36.1 Å². The van der Waals surface area contributed by atoms with E-state index in [9.17, 15) is 0 Å². The molecular weight excluding hydrogens is 184 g/mol. The van der Waals surface area contributed by atoms with Crippen molar-refractivity contribution in [2.24, 2.45) is 0 Å². The minimum Gasteiger partial charge on any atom is -0.192 e. The van der Waals surface area contributed by atoms with E-state index in [-0.39, 0.29) is 0 Å². The Morgan fingerprint density at radius 1 is 1.07 bits per heavy atom. The molecule has 0 aliphatic carbocycles. The molecule has 0 aliphatic rings. The Labute approximate surface area is 88.0 Å². The molecule has 0 fully saturated rings. The van der Waals surface area contributed by atoms with Gasteiger partial charge in [0, 0.05) is 5.39 Å². The second-order valence-electron chi connectivity index (χ2n) is 3.26. The van der Waals surface area contributed by atoms with Crippen LogP contribution >= 0.6 is 0 Å². The predicted molar refractivity (Wildman–Crippen MR) is 57.8 cm³/mol. The molecule has 0 amide bonds. The van der Waals surface area contributed by atoms with Gasteiger partial charge in [0.05, 0.1) is 23.3 Å². The Morgan fingerprint density at radius 3 is 2.53 bits per heavy atom. The number of nitriles is 2. The maximum absolute atomic E-state index is 8.94. The third-order valence-electron chi connectivity index (χ3n) is 2.31. The minimum absolute atomic E-state index is 0.572. The summed E-state index contributed by atoms with van der Waals surface area (Å²) in [6.07, 6.45) is 0. The lowest BCUT2D eigenvalue weighted by Gasteiger charge is -2.04. The van der Waals surface area contributed by atoms with Crippen LogP contribution in [-0.2, 0) is 0 Å². The number of hydrogen-bond donors (Lipinski definition) is 0. The fraction of sp³-hybridized carbons (Fsp3) is 0. The Kier molecular flexibility index (Phi) is 2.12. The van der Waals surface area contributed by atoms with Gasteiger partial charge in [-0.15, -0.1) is 0 Å². The smallest absolute Gasteiger partial charge is 0.0998 e. The molecule has 0 saturated heterocycles. The summed E-state index contributed by atoms with van der Waals surface area (Å²) in [5.41, 5.74) is 1.89. The van der Waals surface area contributed by atoms with E-state index in [1.807, 2.05) is 12.1 Å². The first-order valence-electron chi connectivity index (χ1n) is 4.45. The quantitative estimate of drug-likeness (QED) is 0.642. The second-order valence-corrected chi connectivity index (χ2v) is 3.26. The fourth-order valence-electron chi connectivity index (χ4n) is 1.68. The highest BCUT2D eigenvalue weighted by Gasteiger charge is 2.04. The Hall–Kier alpha value is -2.32. The first kappa shape index (κ1) is 9.24. The van der Waals surface area contributed by atoms with E-state index in [1.165, 1.54) is 0 Å². The van der Waals surface area contributed by atoms with E-state index < -0.39 is 0 Å². The third-order valence-corrected chi connectivity index (χ3v) is 2.31. The van der Waals surface area contributed by atoms with Crippen LogP contribution in [0.4, 0.5) is 0 Å².